The number of rotatable bonds is 2. The molecule has 0 atom stereocenters. The number of carbonyl (C=O) groups excluding carboxylic acids is 1. The number of benzene rings is 2. The van der Waals surface area contributed by atoms with Crippen molar-refractivity contribution < 1.29 is 14.3 Å². The van der Waals surface area contributed by atoms with Crippen LogP contribution in [0.4, 0.5) is 10.5 Å². The zero-order valence-electron chi connectivity index (χ0n) is 10.5. The summed E-state index contributed by atoms with van der Waals surface area (Å²) in [5.41, 5.74) is 1.79. The van der Waals surface area contributed by atoms with E-state index in [9.17, 15) is 4.79 Å². The highest BCUT2D eigenvalue weighted by molar-refractivity contribution is 5.91. The van der Waals surface area contributed by atoms with Crippen LogP contribution in [0.15, 0.2) is 48.5 Å². The summed E-state index contributed by atoms with van der Waals surface area (Å²) in [6.45, 7) is 0.502. The van der Waals surface area contributed by atoms with Gasteiger partial charge in [0.25, 0.3) is 0 Å². The lowest BCUT2D eigenvalue weighted by Gasteiger charge is -2.28. The van der Waals surface area contributed by atoms with Crippen LogP contribution in [0.3, 0.4) is 0 Å². The Kier molecular flexibility index (Phi) is 2.83. The lowest BCUT2D eigenvalue weighted by molar-refractivity contribution is 0.202. The van der Waals surface area contributed by atoms with Crippen LogP contribution in [-0.2, 0) is 6.54 Å². The fourth-order valence-electron chi connectivity index (χ4n) is 2.08. The lowest BCUT2D eigenvalue weighted by atomic mass is 10.1. The van der Waals surface area contributed by atoms with Crippen molar-refractivity contribution in [1.82, 2.24) is 0 Å². The van der Waals surface area contributed by atoms with Crippen molar-refractivity contribution >= 4 is 11.8 Å². The number of anilines is 1. The first-order valence-electron chi connectivity index (χ1n) is 5.99. The number of para-hydroxylation sites is 1. The highest BCUT2D eigenvalue weighted by Gasteiger charge is 2.26. The lowest BCUT2D eigenvalue weighted by Crippen LogP contribution is -2.36. The molecule has 0 N–H and O–H groups in total. The Hall–Kier alpha value is -2.49. The zero-order chi connectivity index (χ0) is 13.2. The normalized spacial score (nSPS) is 13.7. The van der Waals surface area contributed by atoms with E-state index in [1.165, 1.54) is 0 Å². The molecule has 1 amide bonds. The molecule has 3 rings (SSSR count). The van der Waals surface area contributed by atoms with E-state index in [-0.39, 0.29) is 6.09 Å². The van der Waals surface area contributed by atoms with Gasteiger partial charge in [-0.2, -0.15) is 0 Å². The minimum atomic E-state index is -0.369. The topological polar surface area (TPSA) is 38.8 Å². The average molecular weight is 255 g/mol. The van der Waals surface area contributed by atoms with Gasteiger partial charge in [0.2, 0.25) is 0 Å². The maximum atomic E-state index is 12.0. The first kappa shape index (κ1) is 11.6. The van der Waals surface area contributed by atoms with E-state index < -0.39 is 0 Å². The number of hydrogen-bond acceptors (Lipinski definition) is 3. The van der Waals surface area contributed by atoms with E-state index in [4.69, 9.17) is 9.47 Å². The Morgan fingerprint density at radius 3 is 2.68 bits per heavy atom. The molecule has 96 valence electrons. The minimum Gasteiger partial charge on any atom is -0.497 e. The van der Waals surface area contributed by atoms with Crippen LogP contribution >= 0.6 is 0 Å². The van der Waals surface area contributed by atoms with Gasteiger partial charge in [-0.25, -0.2) is 4.79 Å². The highest BCUT2D eigenvalue weighted by atomic mass is 16.6. The van der Waals surface area contributed by atoms with Gasteiger partial charge in [-0.1, -0.05) is 18.2 Å². The molecule has 4 heteroatoms. The summed E-state index contributed by atoms with van der Waals surface area (Å²) in [7, 11) is 1.59. The molecule has 0 spiro atoms. The average Bonchev–Trinajstić information content (AvgIpc) is 2.47. The van der Waals surface area contributed by atoms with Crippen molar-refractivity contribution in [3.8, 4) is 11.5 Å². The van der Waals surface area contributed by atoms with Gasteiger partial charge in [0, 0.05) is 17.3 Å². The van der Waals surface area contributed by atoms with Crippen molar-refractivity contribution in [1.29, 1.82) is 0 Å². The smallest absolute Gasteiger partial charge is 0.420 e. The number of nitrogens with zero attached hydrogens (tertiary/aromatic N) is 1. The summed E-state index contributed by atoms with van der Waals surface area (Å²) >= 11 is 0. The molecule has 19 heavy (non-hydrogen) atoms. The second-order valence-electron chi connectivity index (χ2n) is 4.26. The maximum absolute atomic E-state index is 12.0. The number of hydrogen-bond donors (Lipinski definition) is 0. The van der Waals surface area contributed by atoms with Crippen LogP contribution in [0.2, 0.25) is 0 Å². The molecule has 1 heterocycles. The maximum Gasteiger partial charge on any atom is 0.420 e. The number of carbonyl (C=O) groups is 1. The van der Waals surface area contributed by atoms with E-state index in [1.807, 2.05) is 42.5 Å². The summed E-state index contributed by atoms with van der Waals surface area (Å²) in [5.74, 6) is 1.25. The molecule has 0 radical (unpaired) electrons. The Morgan fingerprint density at radius 1 is 1.16 bits per heavy atom. The Morgan fingerprint density at radius 2 is 1.95 bits per heavy atom. The third kappa shape index (κ3) is 2.12. The van der Waals surface area contributed by atoms with E-state index in [0.717, 1.165) is 11.3 Å². The standard InChI is InChI=1S/C15H13NO3/c1-18-13-8-7-11-10-16(12-5-3-2-4-6-12)15(17)19-14(11)9-13/h2-9H,10H2,1H3. The molecule has 0 aromatic heterocycles. The van der Waals surface area contributed by atoms with Crippen molar-refractivity contribution in [2.24, 2.45) is 0 Å². The van der Waals surface area contributed by atoms with Gasteiger partial charge in [-0.05, 0) is 24.3 Å². The van der Waals surface area contributed by atoms with Crippen LogP contribution in [0.25, 0.3) is 0 Å². The van der Waals surface area contributed by atoms with Crippen molar-refractivity contribution in [3.63, 3.8) is 0 Å². The number of amides is 1. The molecular formula is C15H13NO3. The molecule has 0 saturated heterocycles. The third-order valence-corrected chi connectivity index (χ3v) is 3.09. The van der Waals surface area contributed by atoms with Crippen molar-refractivity contribution in [3.05, 3.63) is 54.1 Å². The molecule has 2 aromatic carbocycles. The highest BCUT2D eigenvalue weighted by Crippen LogP contribution is 2.32. The van der Waals surface area contributed by atoms with Gasteiger partial charge in [0.05, 0.1) is 13.7 Å². The van der Waals surface area contributed by atoms with Gasteiger partial charge in [-0.15, -0.1) is 0 Å². The fraction of sp³-hybridized carbons (Fsp3) is 0.133. The molecule has 0 bridgehead atoms. The summed E-state index contributed by atoms with van der Waals surface area (Å²) in [6, 6.07) is 15.0. The van der Waals surface area contributed by atoms with Crippen LogP contribution in [-0.4, -0.2) is 13.2 Å². The SMILES string of the molecule is COc1ccc2c(c1)OC(=O)N(c1ccccc1)C2. The number of fused-ring (bicyclic) bond motifs is 1. The predicted molar refractivity (Wildman–Crippen MR) is 71.6 cm³/mol. The zero-order valence-corrected chi connectivity index (χ0v) is 10.5. The summed E-state index contributed by atoms with van der Waals surface area (Å²) in [4.78, 5) is 13.6. The molecule has 2 aromatic rings. The summed E-state index contributed by atoms with van der Waals surface area (Å²) in [5, 5.41) is 0. The Bertz CT molecular complexity index is 610. The Labute approximate surface area is 111 Å². The number of ether oxygens (including phenoxy) is 2. The minimum absolute atomic E-state index is 0.369. The molecule has 0 aliphatic carbocycles. The van der Waals surface area contributed by atoms with E-state index in [0.29, 0.717) is 18.0 Å². The largest absolute Gasteiger partial charge is 0.497 e. The second-order valence-corrected chi connectivity index (χ2v) is 4.26. The quantitative estimate of drug-likeness (QED) is 0.827. The van der Waals surface area contributed by atoms with E-state index in [1.54, 1.807) is 18.1 Å². The van der Waals surface area contributed by atoms with Gasteiger partial charge in [0.15, 0.2) is 0 Å². The molecule has 4 nitrogen and oxygen atoms in total. The first-order valence-corrected chi connectivity index (χ1v) is 5.99. The molecule has 0 unspecified atom stereocenters. The number of methoxy groups -OCH3 is 1. The summed E-state index contributed by atoms with van der Waals surface area (Å²) in [6.07, 6.45) is -0.369. The molecule has 1 aliphatic heterocycles. The van der Waals surface area contributed by atoms with Gasteiger partial charge >= 0.3 is 6.09 Å². The molecular weight excluding hydrogens is 242 g/mol. The Balaban J connectivity index is 1.94. The summed E-state index contributed by atoms with van der Waals surface area (Å²) < 4.78 is 10.5. The predicted octanol–water partition coefficient (Wildman–Crippen LogP) is 3.21. The van der Waals surface area contributed by atoms with Gasteiger partial charge in [0.1, 0.15) is 11.5 Å². The monoisotopic (exact) mass is 255 g/mol. The second kappa shape index (κ2) is 4.65. The van der Waals surface area contributed by atoms with Crippen LogP contribution < -0.4 is 14.4 Å². The van der Waals surface area contributed by atoms with Crippen molar-refractivity contribution in [2.45, 2.75) is 6.54 Å². The first-order chi connectivity index (χ1) is 9.28. The van der Waals surface area contributed by atoms with E-state index >= 15 is 0 Å². The fourth-order valence-corrected chi connectivity index (χ4v) is 2.08. The molecule has 0 fully saturated rings. The van der Waals surface area contributed by atoms with Gasteiger partial charge in [-0.3, -0.25) is 4.90 Å². The van der Waals surface area contributed by atoms with Crippen LogP contribution in [0.1, 0.15) is 5.56 Å². The third-order valence-electron chi connectivity index (χ3n) is 3.09. The van der Waals surface area contributed by atoms with E-state index in [2.05, 4.69) is 0 Å². The molecule has 1 aliphatic rings. The van der Waals surface area contributed by atoms with Crippen LogP contribution in [0, 0.1) is 0 Å². The molecule has 0 saturated carbocycles. The van der Waals surface area contributed by atoms with Crippen LogP contribution in [0.5, 0.6) is 11.5 Å². The van der Waals surface area contributed by atoms with Gasteiger partial charge < -0.3 is 9.47 Å². The van der Waals surface area contributed by atoms with Crippen molar-refractivity contribution in [2.75, 3.05) is 12.0 Å².